The summed E-state index contributed by atoms with van der Waals surface area (Å²) in [4.78, 5) is 14.1. The first-order chi connectivity index (χ1) is 10.4. The number of esters is 1. The summed E-state index contributed by atoms with van der Waals surface area (Å²) >= 11 is 0. The molecule has 0 radical (unpaired) electrons. The smallest absolute Gasteiger partial charge is 0.338 e. The zero-order valence-electron chi connectivity index (χ0n) is 13.1. The maximum atomic E-state index is 11.8. The first-order valence-electron chi connectivity index (χ1n) is 7.40. The minimum atomic E-state index is -3.74. The van der Waals surface area contributed by atoms with Crippen molar-refractivity contribution in [3.8, 4) is 0 Å². The van der Waals surface area contributed by atoms with Crippen LogP contribution in [0.1, 0.15) is 37.0 Å². The van der Waals surface area contributed by atoms with Crippen LogP contribution in [0.25, 0.3) is 0 Å². The summed E-state index contributed by atoms with van der Waals surface area (Å²) in [5.41, 5.74) is 0.313. The molecular weight excluding hydrogens is 304 g/mol. The van der Waals surface area contributed by atoms with Crippen LogP contribution < -0.4 is 5.14 Å². The molecule has 0 spiro atoms. The highest BCUT2D eigenvalue weighted by molar-refractivity contribution is 7.89. The Morgan fingerprint density at radius 1 is 1.18 bits per heavy atom. The number of nitrogens with zero attached hydrogens (tertiary/aromatic N) is 1. The van der Waals surface area contributed by atoms with Crippen molar-refractivity contribution in [2.45, 2.75) is 31.6 Å². The van der Waals surface area contributed by atoms with Crippen LogP contribution in [0, 0.1) is 0 Å². The van der Waals surface area contributed by atoms with Gasteiger partial charge in [0.2, 0.25) is 10.0 Å². The average Bonchev–Trinajstić information content (AvgIpc) is 2.49. The van der Waals surface area contributed by atoms with Crippen molar-refractivity contribution in [2.24, 2.45) is 5.14 Å². The first kappa shape index (κ1) is 18.6. The lowest BCUT2D eigenvalue weighted by molar-refractivity contribution is 0.0488. The molecule has 6 nitrogen and oxygen atoms in total. The molecule has 1 rings (SSSR count). The zero-order valence-corrected chi connectivity index (χ0v) is 13.9. The van der Waals surface area contributed by atoms with E-state index in [1.165, 1.54) is 24.3 Å². The molecule has 0 heterocycles. The molecule has 0 aliphatic heterocycles. The van der Waals surface area contributed by atoms with Gasteiger partial charge in [0, 0.05) is 6.54 Å². The van der Waals surface area contributed by atoms with Gasteiger partial charge in [0.05, 0.1) is 17.1 Å². The van der Waals surface area contributed by atoms with E-state index in [0.29, 0.717) is 12.2 Å². The molecule has 7 heteroatoms. The average molecular weight is 328 g/mol. The summed E-state index contributed by atoms with van der Waals surface area (Å²) in [6, 6.07) is 5.40. The monoisotopic (exact) mass is 328 g/mol. The Morgan fingerprint density at radius 2 is 1.82 bits per heavy atom. The lowest BCUT2D eigenvalue weighted by Gasteiger charge is -2.19. The number of carbonyl (C=O) groups excluding carboxylic acids is 1. The Bertz CT molecular complexity index is 570. The summed E-state index contributed by atoms with van der Waals surface area (Å²) in [5.74, 6) is -0.459. The summed E-state index contributed by atoms with van der Waals surface area (Å²) in [6.07, 6.45) is 1.87. The van der Waals surface area contributed by atoms with E-state index in [9.17, 15) is 13.2 Å². The van der Waals surface area contributed by atoms with Crippen molar-refractivity contribution in [1.82, 2.24) is 4.90 Å². The lowest BCUT2D eigenvalue weighted by atomic mass is 10.2. The van der Waals surface area contributed by atoms with Crippen molar-refractivity contribution in [2.75, 3.05) is 26.2 Å². The van der Waals surface area contributed by atoms with Crippen molar-refractivity contribution >= 4 is 16.0 Å². The normalized spacial score (nSPS) is 11.6. The predicted molar refractivity (Wildman–Crippen MR) is 85.1 cm³/mol. The molecule has 0 atom stereocenters. The standard InChI is InChI=1S/C15H24N2O4S/c1-3-10-17(4-2)11-5-12-21-15(18)13-6-8-14(9-7-13)22(16,19)20/h6-9H,3-5,10-12H2,1-2H3,(H2,16,19,20). The van der Waals surface area contributed by atoms with Gasteiger partial charge in [0.1, 0.15) is 0 Å². The minimum Gasteiger partial charge on any atom is -0.462 e. The van der Waals surface area contributed by atoms with Gasteiger partial charge < -0.3 is 9.64 Å². The van der Waals surface area contributed by atoms with Gasteiger partial charge in [-0.1, -0.05) is 13.8 Å². The zero-order chi connectivity index (χ0) is 16.6. The van der Waals surface area contributed by atoms with Gasteiger partial charge in [0.25, 0.3) is 0 Å². The van der Waals surface area contributed by atoms with Crippen LogP contribution in [0.5, 0.6) is 0 Å². The van der Waals surface area contributed by atoms with E-state index in [-0.39, 0.29) is 4.90 Å². The fraction of sp³-hybridized carbons (Fsp3) is 0.533. The number of hydrogen-bond acceptors (Lipinski definition) is 5. The van der Waals surface area contributed by atoms with Crippen LogP contribution >= 0.6 is 0 Å². The highest BCUT2D eigenvalue weighted by Gasteiger charge is 2.11. The van der Waals surface area contributed by atoms with Crippen LogP contribution in [0.15, 0.2) is 29.2 Å². The van der Waals surface area contributed by atoms with Crippen LogP contribution in [0.3, 0.4) is 0 Å². The lowest BCUT2D eigenvalue weighted by Crippen LogP contribution is -2.26. The van der Waals surface area contributed by atoms with Gasteiger partial charge in [-0.3, -0.25) is 0 Å². The number of rotatable bonds is 9. The highest BCUT2D eigenvalue weighted by atomic mass is 32.2. The Morgan fingerprint density at radius 3 is 2.32 bits per heavy atom. The van der Waals surface area contributed by atoms with Crippen molar-refractivity contribution in [3.63, 3.8) is 0 Å². The van der Waals surface area contributed by atoms with E-state index in [1.807, 2.05) is 0 Å². The second-order valence-corrected chi connectivity index (χ2v) is 6.55. The number of hydrogen-bond donors (Lipinski definition) is 1. The number of carbonyl (C=O) groups is 1. The summed E-state index contributed by atoms with van der Waals surface area (Å²) in [7, 11) is -3.74. The Kier molecular flexibility index (Phi) is 7.50. The second-order valence-electron chi connectivity index (χ2n) is 4.99. The highest BCUT2D eigenvalue weighted by Crippen LogP contribution is 2.10. The molecule has 0 unspecified atom stereocenters. The molecule has 1 aromatic carbocycles. The van der Waals surface area contributed by atoms with Gasteiger partial charge in [-0.25, -0.2) is 18.4 Å². The molecule has 22 heavy (non-hydrogen) atoms. The SMILES string of the molecule is CCCN(CC)CCCOC(=O)c1ccc(S(N)(=O)=O)cc1. The maximum absolute atomic E-state index is 11.8. The van der Waals surface area contributed by atoms with E-state index >= 15 is 0 Å². The molecule has 0 aromatic heterocycles. The third-order valence-electron chi connectivity index (χ3n) is 3.26. The quantitative estimate of drug-likeness (QED) is 0.549. The first-order valence-corrected chi connectivity index (χ1v) is 8.95. The third-order valence-corrected chi connectivity index (χ3v) is 4.19. The fourth-order valence-electron chi connectivity index (χ4n) is 2.06. The topological polar surface area (TPSA) is 89.7 Å². The van der Waals surface area contributed by atoms with Crippen LogP contribution in [0.4, 0.5) is 0 Å². The molecular formula is C15H24N2O4S. The van der Waals surface area contributed by atoms with Crippen molar-refractivity contribution in [3.05, 3.63) is 29.8 Å². The van der Waals surface area contributed by atoms with E-state index < -0.39 is 16.0 Å². The third kappa shape index (κ3) is 6.13. The van der Waals surface area contributed by atoms with E-state index in [4.69, 9.17) is 9.88 Å². The number of ether oxygens (including phenoxy) is 1. The summed E-state index contributed by atoms with van der Waals surface area (Å²) in [6.45, 7) is 7.50. The summed E-state index contributed by atoms with van der Waals surface area (Å²) < 4.78 is 27.4. The molecule has 0 bridgehead atoms. The minimum absolute atomic E-state index is 0.0257. The fourth-order valence-corrected chi connectivity index (χ4v) is 2.58. The molecule has 0 aliphatic carbocycles. The largest absolute Gasteiger partial charge is 0.462 e. The van der Waals surface area contributed by atoms with Crippen molar-refractivity contribution < 1.29 is 17.9 Å². The number of benzene rings is 1. The molecule has 0 saturated heterocycles. The number of primary sulfonamides is 1. The molecule has 124 valence electrons. The van der Waals surface area contributed by atoms with Crippen LogP contribution in [0.2, 0.25) is 0 Å². The van der Waals surface area contributed by atoms with Crippen molar-refractivity contribution in [1.29, 1.82) is 0 Å². The van der Waals surface area contributed by atoms with E-state index in [1.54, 1.807) is 0 Å². The molecule has 0 aliphatic rings. The number of nitrogens with two attached hydrogens (primary N) is 1. The maximum Gasteiger partial charge on any atom is 0.338 e. The van der Waals surface area contributed by atoms with Gasteiger partial charge in [0.15, 0.2) is 0 Å². The van der Waals surface area contributed by atoms with E-state index in [2.05, 4.69) is 18.7 Å². The molecule has 0 amide bonds. The van der Waals surface area contributed by atoms with Gasteiger partial charge in [-0.2, -0.15) is 0 Å². The predicted octanol–water partition coefficient (Wildman–Crippen LogP) is 1.61. The molecule has 1 aromatic rings. The Labute approximate surface area is 132 Å². The molecule has 2 N–H and O–H groups in total. The summed E-state index contributed by atoms with van der Waals surface area (Å²) in [5, 5.41) is 5.00. The van der Waals surface area contributed by atoms with Crippen LogP contribution in [-0.4, -0.2) is 45.5 Å². The Hall–Kier alpha value is -1.44. The van der Waals surface area contributed by atoms with Gasteiger partial charge in [-0.15, -0.1) is 0 Å². The second kappa shape index (κ2) is 8.87. The van der Waals surface area contributed by atoms with E-state index in [0.717, 1.165) is 32.5 Å². The number of sulfonamides is 1. The molecule has 0 saturated carbocycles. The Balaban J connectivity index is 2.43. The molecule has 0 fully saturated rings. The van der Waals surface area contributed by atoms with Gasteiger partial charge >= 0.3 is 5.97 Å². The van der Waals surface area contributed by atoms with Crippen LogP contribution in [-0.2, 0) is 14.8 Å². The van der Waals surface area contributed by atoms with Gasteiger partial charge in [-0.05, 0) is 50.2 Å².